The maximum atomic E-state index is 13.1. The molecule has 0 fully saturated rings. The predicted molar refractivity (Wildman–Crippen MR) is 118 cm³/mol. The van der Waals surface area contributed by atoms with Crippen LogP contribution in [0.3, 0.4) is 0 Å². The van der Waals surface area contributed by atoms with E-state index in [1.54, 1.807) is 0 Å². The van der Waals surface area contributed by atoms with E-state index in [4.69, 9.17) is 0 Å². The summed E-state index contributed by atoms with van der Waals surface area (Å²) in [6.45, 7) is 7.91. The third-order valence-corrected chi connectivity index (χ3v) is 6.42. The van der Waals surface area contributed by atoms with E-state index in [0.29, 0.717) is 11.2 Å². The summed E-state index contributed by atoms with van der Waals surface area (Å²) < 4.78 is 2.00. The van der Waals surface area contributed by atoms with Crippen molar-refractivity contribution in [1.29, 1.82) is 5.26 Å². The number of imidazole rings is 1. The predicted octanol–water partition coefficient (Wildman–Crippen LogP) is 5.65. The number of aromatic nitrogens is 2. The Bertz CT molecular complexity index is 1310. The van der Waals surface area contributed by atoms with Crippen molar-refractivity contribution in [3.63, 3.8) is 0 Å². The number of thioether (sulfide) groups is 1. The minimum atomic E-state index is -0.270. The number of benzene rings is 2. The highest BCUT2D eigenvalue weighted by molar-refractivity contribution is 8.00. The number of hydrogen-bond donors (Lipinski definition) is 0. The maximum Gasteiger partial charge on any atom is 0.175 e. The van der Waals surface area contributed by atoms with Gasteiger partial charge in [0.15, 0.2) is 11.4 Å². The average molecular weight is 400 g/mol. The number of carbonyl (C=O) groups excluding carboxylic acids is 1. The number of ketones is 1. The first-order valence-electron chi connectivity index (χ1n) is 9.49. The van der Waals surface area contributed by atoms with Crippen molar-refractivity contribution in [2.24, 2.45) is 0 Å². The van der Waals surface area contributed by atoms with E-state index in [1.165, 1.54) is 17.3 Å². The fraction of sp³-hybridized carbons (Fsp3) is 0.208. The average Bonchev–Trinajstić information content (AvgIpc) is 3.09. The monoisotopic (exact) mass is 399 g/mol. The number of para-hydroxylation sites is 2. The minimum Gasteiger partial charge on any atom is -0.293 e. The molecule has 0 amide bonds. The van der Waals surface area contributed by atoms with E-state index in [1.807, 2.05) is 80.6 Å². The van der Waals surface area contributed by atoms with E-state index in [0.717, 1.165) is 32.7 Å². The number of nitrogens with zero attached hydrogens (tertiary/aromatic N) is 3. The van der Waals surface area contributed by atoms with Crippen molar-refractivity contribution >= 4 is 34.2 Å². The zero-order valence-corrected chi connectivity index (χ0v) is 17.7. The van der Waals surface area contributed by atoms with Crippen LogP contribution in [0.2, 0.25) is 0 Å². The SMILES string of the molecule is Cc1ccc(C(=O)[C@@H](C)Sc2cc(C)c(C#N)c3nc4ccccc4n23)cc1C. The van der Waals surface area contributed by atoms with Crippen LogP contribution in [0.15, 0.2) is 53.6 Å². The number of aryl methyl sites for hydroxylation is 3. The van der Waals surface area contributed by atoms with Crippen LogP contribution < -0.4 is 0 Å². The first kappa shape index (κ1) is 19.2. The van der Waals surface area contributed by atoms with Gasteiger partial charge in [-0.15, -0.1) is 0 Å². The Hall–Kier alpha value is -3.10. The number of carbonyl (C=O) groups is 1. The lowest BCUT2D eigenvalue weighted by Gasteiger charge is -2.15. The molecule has 2 aromatic heterocycles. The molecule has 0 saturated carbocycles. The highest BCUT2D eigenvalue weighted by Gasteiger charge is 2.21. The number of pyridine rings is 1. The second-order valence-corrected chi connectivity index (χ2v) is 8.70. The molecule has 4 nitrogen and oxygen atoms in total. The summed E-state index contributed by atoms with van der Waals surface area (Å²) in [4.78, 5) is 17.7. The second-order valence-electron chi connectivity index (χ2n) is 7.34. The van der Waals surface area contributed by atoms with E-state index in [9.17, 15) is 10.1 Å². The lowest BCUT2D eigenvalue weighted by atomic mass is 10.0. The minimum absolute atomic E-state index is 0.0951. The lowest BCUT2D eigenvalue weighted by molar-refractivity contribution is 0.0994. The van der Waals surface area contributed by atoms with E-state index < -0.39 is 0 Å². The highest BCUT2D eigenvalue weighted by Crippen LogP contribution is 2.32. The summed E-state index contributed by atoms with van der Waals surface area (Å²) in [5, 5.41) is 10.3. The molecular weight excluding hydrogens is 378 g/mol. The molecule has 2 aromatic carbocycles. The van der Waals surface area contributed by atoms with Crippen molar-refractivity contribution in [2.75, 3.05) is 0 Å². The van der Waals surface area contributed by atoms with Crippen LogP contribution in [0.1, 0.15) is 39.5 Å². The molecule has 4 aromatic rings. The molecular formula is C24H21N3OS. The number of fused-ring (bicyclic) bond motifs is 3. The second kappa shape index (κ2) is 7.38. The van der Waals surface area contributed by atoms with Gasteiger partial charge in [-0.2, -0.15) is 5.26 Å². The Kier molecular flexibility index (Phi) is 4.89. The molecule has 144 valence electrons. The molecule has 1 atom stereocenters. The summed E-state index contributed by atoms with van der Waals surface area (Å²) in [6, 6.07) is 17.9. The molecule has 0 unspecified atom stereocenters. The zero-order valence-electron chi connectivity index (χ0n) is 16.9. The molecule has 0 aliphatic carbocycles. The molecule has 0 spiro atoms. The number of rotatable bonds is 4. The van der Waals surface area contributed by atoms with Gasteiger partial charge in [-0.3, -0.25) is 9.20 Å². The summed E-state index contributed by atoms with van der Waals surface area (Å²) in [6.07, 6.45) is 0. The van der Waals surface area contributed by atoms with Crippen molar-refractivity contribution in [3.8, 4) is 6.07 Å². The molecule has 2 heterocycles. The maximum absolute atomic E-state index is 13.1. The summed E-state index contributed by atoms with van der Waals surface area (Å²) in [5.41, 5.74) is 6.87. The van der Waals surface area contributed by atoms with Gasteiger partial charge >= 0.3 is 0 Å². The van der Waals surface area contributed by atoms with Gasteiger partial charge in [0.1, 0.15) is 6.07 Å². The Morgan fingerprint density at radius 2 is 1.83 bits per heavy atom. The van der Waals surface area contributed by atoms with Gasteiger partial charge in [0.05, 0.1) is 26.9 Å². The molecule has 0 radical (unpaired) electrons. The van der Waals surface area contributed by atoms with Crippen LogP contribution in [0.5, 0.6) is 0 Å². The normalized spacial score (nSPS) is 12.2. The van der Waals surface area contributed by atoms with Gasteiger partial charge in [-0.1, -0.05) is 36.0 Å². The van der Waals surface area contributed by atoms with Gasteiger partial charge in [0, 0.05) is 5.56 Å². The highest BCUT2D eigenvalue weighted by atomic mass is 32.2. The molecule has 5 heteroatoms. The standard InChI is InChI=1S/C24H21N3OS/c1-14-9-10-18(11-15(14)2)23(28)17(4)29-22-12-16(3)19(13-25)24-26-20-7-5-6-8-21(20)27(22)24/h5-12,17H,1-4H3/t17-/m1/s1. The molecule has 0 saturated heterocycles. The van der Waals surface area contributed by atoms with E-state index in [2.05, 4.69) is 11.1 Å². The van der Waals surface area contributed by atoms with Crippen molar-refractivity contribution in [3.05, 3.63) is 76.3 Å². The van der Waals surface area contributed by atoms with Crippen LogP contribution in [0.4, 0.5) is 0 Å². The largest absolute Gasteiger partial charge is 0.293 e. The smallest absolute Gasteiger partial charge is 0.175 e. The Morgan fingerprint density at radius 3 is 2.55 bits per heavy atom. The molecule has 0 aliphatic rings. The van der Waals surface area contributed by atoms with Crippen molar-refractivity contribution in [1.82, 2.24) is 9.38 Å². The quantitative estimate of drug-likeness (QED) is 0.329. The summed E-state index contributed by atoms with van der Waals surface area (Å²) in [5.74, 6) is 0.0951. The van der Waals surface area contributed by atoms with Crippen molar-refractivity contribution in [2.45, 2.75) is 38.0 Å². The zero-order chi connectivity index (χ0) is 20.7. The molecule has 0 aliphatic heterocycles. The number of Topliss-reactive ketones (excluding diaryl/α,β-unsaturated/α-hetero) is 1. The molecule has 4 rings (SSSR count). The number of nitriles is 1. The Balaban J connectivity index is 1.80. The fourth-order valence-electron chi connectivity index (χ4n) is 3.50. The first-order chi connectivity index (χ1) is 13.9. The van der Waals surface area contributed by atoms with Gasteiger partial charge in [0.2, 0.25) is 0 Å². The van der Waals surface area contributed by atoms with Crippen molar-refractivity contribution < 1.29 is 4.79 Å². The summed E-state index contributed by atoms with van der Waals surface area (Å²) in [7, 11) is 0. The van der Waals surface area contributed by atoms with Crippen LogP contribution >= 0.6 is 11.8 Å². The van der Waals surface area contributed by atoms with E-state index >= 15 is 0 Å². The molecule has 29 heavy (non-hydrogen) atoms. The fourth-order valence-corrected chi connectivity index (χ4v) is 4.64. The Morgan fingerprint density at radius 1 is 1.07 bits per heavy atom. The van der Waals surface area contributed by atoms with Gasteiger partial charge in [-0.05, 0) is 68.7 Å². The molecule has 0 N–H and O–H groups in total. The first-order valence-corrected chi connectivity index (χ1v) is 10.4. The van der Waals surface area contributed by atoms with Crippen LogP contribution in [-0.4, -0.2) is 20.4 Å². The van der Waals surface area contributed by atoms with Gasteiger partial charge in [0.25, 0.3) is 0 Å². The van der Waals surface area contributed by atoms with E-state index in [-0.39, 0.29) is 11.0 Å². The van der Waals surface area contributed by atoms with Gasteiger partial charge in [-0.25, -0.2) is 4.98 Å². The third kappa shape index (κ3) is 3.30. The van der Waals surface area contributed by atoms with Crippen LogP contribution in [-0.2, 0) is 0 Å². The number of hydrogen-bond acceptors (Lipinski definition) is 4. The summed E-state index contributed by atoms with van der Waals surface area (Å²) >= 11 is 1.50. The van der Waals surface area contributed by atoms with Crippen LogP contribution in [0, 0.1) is 32.1 Å². The van der Waals surface area contributed by atoms with Gasteiger partial charge < -0.3 is 0 Å². The molecule has 0 bridgehead atoms. The topological polar surface area (TPSA) is 58.2 Å². The third-order valence-electron chi connectivity index (χ3n) is 5.31. The van der Waals surface area contributed by atoms with Crippen LogP contribution in [0.25, 0.3) is 16.7 Å². The lowest BCUT2D eigenvalue weighted by Crippen LogP contribution is -2.14. The Labute approximate surface area is 174 Å².